The van der Waals surface area contributed by atoms with Crippen LogP contribution in [0.2, 0.25) is 5.02 Å². The van der Waals surface area contributed by atoms with Crippen molar-refractivity contribution in [3.8, 4) is 6.07 Å². The normalized spacial score (nSPS) is 10.0. The molecule has 0 saturated carbocycles. The number of H-pyrrole nitrogens is 1. The van der Waals surface area contributed by atoms with Crippen LogP contribution in [0.25, 0.3) is 0 Å². The van der Waals surface area contributed by atoms with Crippen LogP contribution in [0.4, 0.5) is 0 Å². The molecule has 80 valence electrons. The number of rotatable bonds is 3. The van der Waals surface area contributed by atoms with Crippen LogP contribution < -0.4 is 0 Å². The Balaban J connectivity index is 2.09. The highest BCUT2D eigenvalue weighted by atomic mass is 35.5. The molecule has 3 nitrogen and oxygen atoms in total. The van der Waals surface area contributed by atoms with Crippen LogP contribution in [0.3, 0.4) is 0 Å². The first-order valence-corrected chi connectivity index (χ1v) is 5.35. The fourth-order valence-electron chi connectivity index (χ4n) is 1.57. The van der Waals surface area contributed by atoms with Crippen LogP contribution in [0, 0.1) is 11.3 Å². The molecule has 0 amide bonds. The fourth-order valence-corrected chi connectivity index (χ4v) is 1.80. The van der Waals surface area contributed by atoms with Crippen molar-refractivity contribution >= 4 is 11.6 Å². The Kier molecular flexibility index (Phi) is 3.23. The van der Waals surface area contributed by atoms with E-state index in [-0.39, 0.29) is 0 Å². The molecule has 1 heterocycles. The average molecular weight is 232 g/mol. The highest BCUT2D eigenvalue weighted by Crippen LogP contribution is 2.17. The Morgan fingerprint density at radius 3 is 2.88 bits per heavy atom. The van der Waals surface area contributed by atoms with Gasteiger partial charge < -0.3 is 4.98 Å². The Morgan fingerprint density at radius 2 is 2.12 bits per heavy atom. The number of benzene rings is 1. The standard InChI is InChI=1S/C12H10ClN3/c13-10-4-2-1-3-9(10)5-6-11-12(7-14)16-8-15-11/h1-4,8H,5-6H2,(H,15,16). The van der Waals surface area contributed by atoms with Crippen LogP contribution in [0.5, 0.6) is 0 Å². The number of imidazole rings is 1. The Labute approximate surface area is 98.7 Å². The minimum Gasteiger partial charge on any atom is -0.347 e. The summed E-state index contributed by atoms with van der Waals surface area (Å²) in [6, 6.07) is 9.78. The lowest BCUT2D eigenvalue weighted by molar-refractivity contribution is 0.921. The zero-order chi connectivity index (χ0) is 11.4. The third-order valence-corrected chi connectivity index (χ3v) is 2.80. The first-order chi connectivity index (χ1) is 7.81. The van der Waals surface area contributed by atoms with E-state index in [0.717, 1.165) is 29.1 Å². The molecular weight excluding hydrogens is 222 g/mol. The molecule has 0 radical (unpaired) electrons. The molecule has 2 aromatic rings. The molecule has 1 aromatic carbocycles. The van der Waals surface area contributed by atoms with Crippen LogP contribution >= 0.6 is 11.6 Å². The molecule has 0 spiro atoms. The molecule has 0 atom stereocenters. The molecule has 0 unspecified atom stereocenters. The number of hydrogen-bond acceptors (Lipinski definition) is 2. The molecule has 16 heavy (non-hydrogen) atoms. The lowest BCUT2D eigenvalue weighted by Crippen LogP contribution is -1.94. The average Bonchev–Trinajstić information content (AvgIpc) is 2.75. The van der Waals surface area contributed by atoms with Crippen LogP contribution in [-0.2, 0) is 12.8 Å². The van der Waals surface area contributed by atoms with Crippen molar-refractivity contribution in [2.24, 2.45) is 0 Å². The van der Waals surface area contributed by atoms with E-state index in [1.54, 1.807) is 6.33 Å². The molecule has 1 N–H and O–H groups in total. The van der Waals surface area contributed by atoms with Crippen molar-refractivity contribution in [2.45, 2.75) is 12.8 Å². The zero-order valence-corrected chi connectivity index (χ0v) is 9.33. The van der Waals surface area contributed by atoms with Gasteiger partial charge >= 0.3 is 0 Å². The number of nitrogens with one attached hydrogen (secondary N) is 1. The van der Waals surface area contributed by atoms with E-state index >= 15 is 0 Å². The van der Waals surface area contributed by atoms with Crippen molar-refractivity contribution in [1.29, 1.82) is 5.26 Å². The van der Waals surface area contributed by atoms with Gasteiger partial charge in [0.1, 0.15) is 6.07 Å². The second kappa shape index (κ2) is 4.82. The molecule has 2 rings (SSSR count). The monoisotopic (exact) mass is 231 g/mol. The molecule has 0 aliphatic carbocycles. The molecule has 4 heteroatoms. The number of nitriles is 1. The minimum atomic E-state index is 0.465. The summed E-state index contributed by atoms with van der Waals surface area (Å²) >= 11 is 6.05. The first-order valence-electron chi connectivity index (χ1n) is 4.97. The summed E-state index contributed by atoms with van der Waals surface area (Å²) in [7, 11) is 0. The predicted octanol–water partition coefficient (Wildman–Crippen LogP) is 2.72. The van der Waals surface area contributed by atoms with Crippen LogP contribution in [0.1, 0.15) is 17.0 Å². The number of nitrogens with zero attached hydrogens (tertiary/aromatic N) is 2. The van der Waals surface area contributed by atoms with E-state index in [1.165, 1.54) is 0 Å². The van der Waals surface area contributed by atoms with Crippen molar-refractivity contribution in [3.05, 3.63) is 52.6 Å². The highest BCUT2D eigenvalue weighted by Gasteiger charge is 2.06. The molecule has 0 saturated heterocycles. The van der Waals surface area contributed by atoms with Gasteiger partial charge in [0.15, 0.2) is 5.69 Å². The van der Waals surface area contributed by atoms with Crippen molar-refractivity contribution < 1.29 is 0 Å². The van der Waals surface area contributed by atoms with Gasteiger partial charge in [-0.3, -0.25) is 0 Å². The lowest BCUT2D eigenvalue weighted by atomic mass is 10.1. The number of aromatic amines is 1. The van der Waals surface area contributed by atoms with Gasteiger partial charge in [-0.05, 0) is 24.5 Å². The van der Waals surface area contributed by atoms with Crippen molar-refractivity contribution in [2.75, 3.05) is 0 Å². The number of aromatic nitrogens is 2. The maximum atomic E-state index is 8.80. The predicted molar refractivity (Wildman–Crippen MR) is 62.2 cm³/mol. The van der Waals surface area contributed by atoms with E-state index < -0.39 is 0 Å². The zero-order valence-electron chi connectivity index (χ0n) is 8.57. The van der Waals surface area contributed by atoms with E-state index in [4.69, 9.17) is 16.9 Å². The van der Waals surface area contributed by atoms with Gasteiger partial charge in [-0.25, -0.2) is 4.98 Å². The quantitative estimate of drug-likeness (QED) is 0.883. The molecule has 0 aliphatic heterocycles. The summed E-state index contributed by atoms with van der Waals surface area (Å²) < 4.78 is 0. The van der Waals surface area contributed by atoms with Gasteiger partial charge in [-0.15, -0.1) is 0 Å². The van der Waals surface area contributed by atoms with E-state index in [1.807, 2.05) is 24.3 Å². The van der Waals surface area contributed by atoms with Gasteiger partial charge in [0.2, 0.25) is 0 Å². The molecule has 0 fully saturated rings. The van der Waals surface area contributed by atoms with Crippen molar-refractivity contribution in [1.82, 2.24) is 9.97 Å². The van der Waals surface area contributed by atoms with Gasteiger partial charge in [-0.1, -0.05) is 29.8 Å². The van der Waals surface area contributed by atoms with Crippen LogP contribution in [0.15, 0.2) is 30.6 Å². The highest BCUT2D eigenvalue weighted by molar-refractivity contribution is 6.31. The second-order valence-corrected chi connectivity index (χ2v) is 3.84. The third kappa shape index (κ3) is 2.23. The molecule has 1 aromatic heterocycles. The van der Waals surface area contributed by atoms with E-state index in [0.29, 0.717) is 5.69 Å². The van der Waals surface area contributed by atoms with Gasteiger partial charge in [0.25, 0.3) is 0 Å². The molecule has 0 aliphatic rings. The van der Waals surface area contributed by atoms with Gasteiger partial charge in [-0.2, -0.15) is 5.26 Å². The maximum absolute atomic E-state index is 8.80. The summed E-state index contributed by atoms with van der Waals surface area (Å²) in [4.78, 5) is 6.89. The third-order valence-electron chi connectivity index (χ3n) is 2.43. The summed E-state index contributed by atoms with van der Waals surface area (Å²) in [5.41, 5.74) is 2.41. The summed E-state index contributed by atoms with van der Waals surface area (Å²) in [5.74, 6) is 0. The van der Waals surface area contributed by atoms with E-state index in [2.05, 4.69) is 16.0 Å². The summed E-state index contributed by atoms with van der Waals surface area (Å²) in [6.07, 6.45) is 3.09. The second-order valence-electron chi connectivity index (χ2n) is 3.43. The van der Waals surface area contributed by atoms with E-state index in [9.17, 15) is 0 Å². The number of halogens is 1. The Hall–Kier alpha value is -1.79. The number of aryl methyl sites for hydroxylation is 2. The summed E-state index contributed by atoms with van der Waals surface area (Å²) in [6.45, 7) is 0. The first kappa shape index (κ1) is 10.7. The largest absolute Gasteiger partial charge is 0.347 e. The van der Waals surface area contributed by atoms with Crippen molar-refractivity contribution in [3.63, 3.8) is 0 Å². The Morgan fingerprint density at radius 1 is 1.31 bits per heavy atom. The molecular formula is C12H10ClN3. The topological polar surface area (TPSA) is 52.5 Å². The maximum Gasteiger partial charge on any atom is 0.161 e. The number of hydrogen-bond donors (Lipinski definition) is 1. The lowest BCUT2D eigenvalue weighted by Gasteiger charge is -2.02. The Bertz CT molecular complexity index is 523. The fraction of sp³-hybridized carbons (Fsp3) is 0.167. The molecule has 0 bridgehead atoms. The summed E-state index contributed by atoms with van der Waals surface area (Å²) in [5, 5.41) is 9.56. The van der Waals surface area contributed by atoms with Gasteiger partial charge in [0, 0.05) is 5.02 Å². The smallest absolute Gasteiger partial charge is 0.161 e. The SMILES string of the molecule is N#Cc1nc[nH]c1CCc1ccccc1Cl. The van der Waals surface area contributed by atoms with Gasteiger partial charge in [0.05, 0.1) is 12.0 Å². The van der Waals surface area contributed by atoms with Crippen LogP contribution in [-0.4, -0.2) is 9.97 Å². The minimum absolute atomic E-state index is 0.465.